The number of carbonyl (C=O) groups excluding carboxylic acids is 1. The standard InChI is InChI=1S/C41H73N2O7P/c1-6-8-10-12-14-16-17-19-20-22-26-30-38(44)37(36-49-51(46,47)48-35-34-43(3,4)5)42-41(45)33-29-25-24-28-32-40-39(50-40)31-27-23-21-18-15-13-11-9-7-2/h15,17-19,23-24,26-28,30,37-40,44H,6-14,16,20-22,25,29,31-36H2,1-5H3,(H-,42,45,46,47)/p+1/b18-15-,19-17-,27-23-,28-24-,30-26+/t37-,38+,39?,40?/m0/s1. The van der Waals surface area contributed by atoms with Crippen LogP contribution < -0.4 is 5.32 Å². The van der Waals surface area contributed by atoms with Gasteiger partial charge in [0.2, 0.25) is 5.91 Å². The van der Waals surface area contributed by atoms with Crippen LogP contribution in [-0.4, -0.2) is 85.6 Å². The number of nitrogens with zero attached hydrogens (tertiary/aromatic N) is 1. The van der Waals surface area contributed by atoms with Gasteiger partial charge in [-0.3, -0.25) is 13.8 Å². The third-order valence-electron chi connectivity index (χ3n) is 8.61. The van der Waals surface area contributed by atoms with Crippen LogP contribution in [0.4, 0.5) is 0 Å². The number of aliphatic hydroxyl groups is 1. The Hall–Kier alpha value is -1.84. The fourth-order valence-electron chi connectivity index (χ4n) is 5.26. The van der Waals surface area contributed by atoms with Crippen molar-refractivity contribution in [1.82, 2.24) is 5.32 Å². The van der Waals surface area contributed by atoms with Crippen molar-refractivity contribution in [2.75, 3.05) is 40.9 Å². The minimum atomic E-state index is -4.36. The number of epoxide rings is 1. The number of carbonyl (C=O) groups is 1. The maximum atomic E-state index is 12.8. The van der Waals surface area contributed by atoms with Crippen molar-refractivity contribution in [2.24, 2.45) is 0 Å². The molecular weight excluding hydrogens is 663 g/mol. The predicted octanol–water partition coefficient (Wildman–Crippen LogP) is 9.28. The molecule has 0 radical (unpaired) electrons. The van der Waals surface area contributed by atoms with Crippen molar-refractivity contribution in [3.63, 3.8) is 0 Å². The topological polar surface area (TPSA) is 118 Å². The van der Waals surface area contributed by atoms with E-state index >= 15 is 0 Å². The lowest BCUT2D eigenvalue weighted by molar-refractivity contribution is -0.870. The first-order valence-electron chi connectivity index (χ1n) is 19.8. The fourth-order valence-corrected chi connectivity index (χ4v) is 6.00. The highest BCUT2D eigenvalue weighted by molar-refractivity contribution is 7.47. The Morgan fingerprint density at radius 2 is 1.31 bits per heavy atom. The van der Waals surface area contributed by atoms with E-state index in [4.69, 9.17) is 13.8 Å². The van der Waals surface area contributed by atoms with Crippen LogP contribution in [0.25, 0.3) is 0 Å². The second-order valence-electron chi connectivity index (χ2n) is 14.7. The van der Waals surface area contributed by atoms with Crippen molar-refractivity contribution in [2.45, 2.75) is 154 Å². The van der Waals surface area contributed by atoms with Crippen LogP contribution in [0.1, 0.15) is 129 Å². The van der Waals surface area contributed by atoms with E-state index in [0.29, 0.717) is 23.6 Å². The van der Waals surface area contributed by atoms with Crippen molar-refractivity contribution < 1.29 is 37.6 Å². The summed E-state index contributed by atoms with van der Waals surface area (Å²) in [4.78, 5) is 23.0. The number of unbranched alkanes of at least 4 members (excludes halogenated alkanes) is 10. The molecule has 9 nitrogen and oxygen atoms in total. The van der Waals surface area contributed by atoms with Crippen LogP contribution in [0.2, 0.25) is 0 Å². The van der Waals surface area contributed by atoms with E-state index in [1.807, 2.05) is 27.2 Å². The molecule has 3 N–H and O–H groups in total. The molecule has 1 rings (SSSR count). The maximum absolute atomic E-state index is 12.8. The van der Waals surface area contributed by atoms with E-state index in [0.717, 1.165) is 44.9 Å². The average molecular weight is 738 g/mol. The number of quaternary nitrogens is 1. The molecule has 10 heteroatoms. The molecule has 0 saturated carbocycles. The Bertz CT molecular complexity index is 1080. The lowest BCUT2D eigenvalue weighted by atomic mass is 10.1. The Labute approximate surface area is 311 Å². The zero-order valence-electron chi connectivity index (χ0n) is 32.8. The van der Waals surface area contributed by atoms with Crippen LogP contribution in [0.3, 0.4) is 0 Å². The molecule has 3 unspecified atom stereocenters. The van der Waals surface area contributed by atoms with E-state index in [9.17, 15) is 19.4 Å². The maximum Gasteiger partial charge on any atom is 0.472 e. The van der Waals surface area contributed by atoms with Crippen molar-refractivity contribution in [3.8, 4) is 0 Å². The van der Waals surface area contributed by atoms with E-state index in [2.05, 4.69) is 67.8 Å². The molecule has 0 aromatic rings. The highest BCUT2D eigenvalue weighted by Gasteiger charge is 2.36. The summed E-state index contributed by atoms with van der Waals surface area (Å²) in [5.74, 6) is -0.252. The summed E-state index contributed by atoms with van der Waals surface area (Å²) in [6, 6.07) is -0.898. The van der Waals surface area contributed by atoms with Gasteiger partial charge in [-0.05, 0) is 70.6 Å². The molecule has 294 valence electrons. The van der Waals surface area contributed by atoms with Gasteiger partial charge in [-0.25, -0.2) is 4.57 Å². The fraction of sp³-hybridized carbons (Fsp3) is 0.732. The third kappa shape index (κ3) is 29.3. The largest absolute Gasteiger partial charge is 0.472 e. The monoisotopic (exact) mass is 738 g/mol. The molecule has 5 atom stereocenters. The summed E-state index contributed by atoms with van der Waals surface area (Å²) in [6.45, 7) is 4.64. The average Bonchev–Trinajstić information content (AvgIpc) is 3.83. The SMILES string of the molecule is CCCCC/C=C\C/C=C\CC1OC1C/C=C\CCCC(=O)N[C@@H](COP(=O)(O)OCC[N+](C)(C)C)[C@H](O)/C=C/CC/C=C\CCCCCCC. The minimum Gasteiger partial charge on any atom is -0.387 e. The van der Waals surface area contributed by atoms with Crippen LogP contribution in [-0.2, 0) is 23.1 Å². The molecule has 1 amide bonds. The van der Waals surface area contributed by atoms with E-state index in [1.54, 1.807) is 6.08 Å². The normalized spacial score (nSPS) is 19.2. The molecule has 1 heterocycles. The molecule has 1 aliphatic heterocycles. The Balaban J connectivity index is 2.45. The van der Waals surface area contributed by atoms with Crippen molar-refractivity contribution in [1.29, 1.82) is 0 Å². The molecule has 0 aliphatic carbocycles. The molecule has 51 heavy (non-hydrogen) atoms. The second-order valence-corrected chi connectivity index (χ2v) is 16.1. The predicted molar refractivity (Wildman–Crippen MR) is 211 cm³/mol. The van der Waals surface area contributed by atoms with Gasteiger partial charge in [-0.15, -0.1) is 0 Å². The van der Waals surface area contributed by atoms with Gasteiger partial charge in [0.15, 0.2) is 0 Å². The summed E-state index contributed by atoms with van der Waals surface area (Å²) in [7, 11) is 1.50. The summed E-state index contributed by atoms with van der Waals surface area (Å²) in [6.07, 6.45) is 38.9. The van der Waals surface area contributed by atoms with Crippen LogP contribution in [0.15, 0.2) is 60.8 Å². The Morgan fingerprint density at radius 1 is 0.765 bits per heavy atom. The van der Waals surface area contributed by atoms with Gasteiger partial charge in [0, 0.05) is 6.42 Å². The molecule has 1 fully saturated rings. The number of aliphatic hydroxyl groups excluding tert-OH is 1. The zero-order chi connectivity index (χ0) is 37.6. The lowest BCUT2D eigenvalue weighted by Crippen LogP contribution is -2.45. The number of phosphoric acid groups is 1. The van der Waals surface area contributed by atoms with Crippen LogP contribution >= 0.6 is 7.82 Å². The van der Waals surface area contributed by atoms with Gasteiger partial charge >= 0.3 is 7.82 Å². The molecule has 0 bridgehead atoms. The number of nitrogens with one attached hydrogen (secondary N) is 1. The summed E-state index contributed by atoms with van der Waals surface area (Å²) in [5.41, 5.74) is 0. The Kier molecular flexibility index (Phi) is 27.4. The molecule has 1 saturated heterocycles. The number of hydrogen-bond acceptors (Lipinski definition) is 6. The number of hydrogen-bond donors (Lipinski definition) is 3. The summed E-state index contributed by atoms with van der Waals surface area (Å²) in [5, 5.41) is 13.7. The molecule has 0 aromatic heterocycles. The smallest absolute Gasteiger partial charge is 0.387 e. The minimum absolute atomic E-state index is 0.0399. The quantitative estimate of drug-likeness (QED) is 0.0202. The summed E-state index contributed by atoms with van der Waals surface area (Å²) < 4.78 is 29.2. The molecular formula is C41H74N2O7P+. The van der Waals surface area contributed by atoms with Crippen LogP contribution in [0.5, 0.6) is 0 Å². The first kappa shape index (κ1) is 47.2. The van der Waals surface area contributed by atoms with Crippen molar-refractivity contribution >= 4 is 13.7 Å². The Morgan fingerprint density at radius 3 is 2.02 bits per heavy atom. The van der Waals surface area contributed by atoms with E-state index in [1.165, 1.54) is 57.8 Å². The van der Waals surface area contributed by atoms with Gasteiger partial charge in [-0.2, -0.15) is 0 Å². The third-order valence-corrected chi connectivity index (χ3v) is 9.60. The number of rotatable bonds is 33. The summed E-state index contributed by atoms with van der Waals surface area (Å²) >= 11 is 0. The highest BCUT2D eigenvalue weighted by Crippen LogP contribution is 2.43. The van der Waals surface area contributed by atoms with Gasteiger partial charge in [0.25, 0.3) is 0 Å². The van der Waals surface area contributed by atoms with Gasteiger partial charge in [-0.1, -0.05) is 113 Å². The van der Waals surface area contributed by atoms with Crippen molar-refractivity contribution in [3.05, 3.63) is 60.8 Å². The number of allylic oxidation sites excluding steroid dienone is 7. The number of amides is 1. The van der Waals surface area contributed by atoms with Crippen LogP contribution in [0, 0.1) is 0 Å². The number of ether oxygens (including phenoxy) is 1. The van der Waals surface area contributed by atoms with Gasteiger partial charge in [0.05, 0.1) is 52.1 Å². The second kappa shape index (κ2) is 29.6. The number of likely N-dealkylation sites (N-methyl/N-ethyl adjacent to an activating group) is 1. The number of phosphoric ester groups is 1. The lowest BCUT2D eigenvalue weighted by Gasteiger charge is -2.25. The van der Waals surface area contributed by atoms with Gasteiger partial charge in [0.1, 0.15) is 13.2 Å². The first-order valence-corrected chi connectivity index (χ1v) is 21.3. The first-order chi connectivity index (χ1) is 24.5. The molecule has 0 aromatic carbocycles. The molecule has 0 spiro atoms. The zero-order valence-corrected chi connectivity index (χ0v) is 33.7. The van der Waals surface area contributed by atoms with E-state index in [-0.39, 0.29) is 31.6 Å². The molecule has 1 aliphatic rings. The van der Waals surface area contributed by atoms with E-state index < -0.39 is 20.0 Å². The van der Waals surface area contributed by atoms with Gasteiger partial charge < -0.3 is 24.5 Å². The highest BCUT2D eigenvalue weighted by atomic mass is 31.2.